The minimum Gasteiger partial charge on any atom is -0.490 e. The Hall–Kier alpha value is -3.76. The molecule has 1 atom stereocenters. The van der Waals surface area contributed by atoms with Crippen LogP contribution in [0.3, 0.4) is 0 Å². The molecule has 10 heteroatoms. The van der Waals surface area contributed by atoms with Gasteiger partial charge in [0.2, 0.25) is 17.6 Å². The first-order chi connectivity index (χ1) is 22.5. The van der Waals surface area contributed by atoms with E-state index in [0.29, 0.717) is 56.1 Å². The lowest BCUT2D eigenvalue weighted by Crippen LogP contribution is -2.52. The van der Waals surface area contributed by atoms with Crippen molar-refractivity contribution in [1.29, 1.82) is 0 Å². The second-order valence-corrected chi connectivity index (χ2v) is 12.2. The van der Waals surface area contributed by atoms with Gasteiger partial charge in [0.1, 0.15) is 6.04 Å². The first kappa shape index (κ1) is 33.6. The molecule has 0 radical (unpaired) electrons. The smallest absolute Gasteiger partial charge is 0.243 e. The van der Waals surface area contributed by atoms with Gasteiger partial charge in [-0.2, -0.15) is 0 Å². The van der Waals surface area contributed by atoms with Gasteiger partial charge in [-0.3, -0.25) is 14.5 Å². The molecule has 2 amide bonds. The van der Waals surface area contributed by atoms with Gasteiger partial charge in [0, 0.05) is 49.2 Å². The summed E-state index contributed by atoms with van der Waals surface area (Å²) in [4.78, 5) is 35.3. The van der Waals surface area contributed by atoms with Crippen LogP contribution in [0.1, 0.15) is 64.0 Å². The summed E-state index contributed by atoms with van der Waals surface area (Å²) in [6.45, 7) is 11.9. The largest absolute Gasteiger partial charge is 0.490 e. The molecule has 2 aliphatic heterocycles. The van der Waals surface area contributed by atoms with Crippen molar-refractivity contribution >= 4 is 22.7 Å². The molecule has 250 valence electrons. The summed E-state index contributed by atoms with van der Waals surface area (Å²) in [5.41, 5.74) is 2.80. The summed E-state index contributed by atoms with van der Waals surface area (Å²) in [5, 5.41) is 7.19. The Labute approximate surface area is 273 Å². The number of ether oxygens (including phenoxy) is 3. The van der Waals surface area contributed by atoms with Gasteiger partial charge in [0.05, 0.1) is 26.4 Å². The van der Waals surface area contributed by atoms with E-state index in [1.807, 2.05) is 63.4 Å². The number of carbonyl (C=O) groups is 2. The molecule has 1 aromatic heterocycles. The van der Waals surface area contributed by atoms with E-state index in [2.05, 4.69) is 25.4 Å². The number of aromatic amines is 1. The number of H-pyrrole nitrogens is 1. The SMILES string of the molecule is CCOc1cc(CNC(=O)C(Cc2c[nH]c3ccccc23)NC(=O)CN2CCC(N3CCCCC3)CC2)cc(OCC)c1OCC. The van der Waals surface area contributed by atoms with E-state index in [9.17, 15) is 9.59 Å². The van der Waals surface area contributed by atoms with Crippen molar-refractivity contribution in [2.24, 2.45) is 0 Å². The zero-order valence-corrected chi connectivity index (χ0v) is 27.7. The summed E-state index contributed by atoms with van der Waals surface area (Å²) >= 11 is 0. The molecule has 1 unspecified atom stereocenters. The number of piperidine rings is 2. The van der Waals surface area contributed by atoms with Crippen molar-refractivity contribution in [3.05, 3.63) is 53.7 Å². The fourth-order valence-corrected chi connectivity index (χ4v) is 6.76. The number of nitrogens with one attached hydrogen (secondary N) is 3. The van der Waals surface area contributed by atoms with Crippen LogP contribution >= 0.6 is 0 Å². The van der Waals surface area contributed by atoms with E-state index >= 15 is 0 Å². The number of amides is 2. The van der Waals surface area contributed by atoms with Gasteiger partial charge >= 0.3 is 0 Å². The van der Waals surface area contributed by atoms with Crippen LogP contribution in [0, 0.1) is 0 Å². The van der Waals surface area contributed by atoms with Gasteiger partial charge in [-0.05, 0) is 88.9 Å². The molecule has 10 nitrogen and oxygen atoms in total. The maximum Gasteiger partial charge on any atom is 0.243 e. The molecule has 0 bridgehead atoms. The highest BCUT2D eigenvalue weighted by molar-refractivity contribution is 5.90. The number of aromatic nitrogens is 1. The topological polar surface area (TPSA) is 108 Å². The standard InChI is InChI=1S/C36H51N5O5/c1-4-44-32-20-26(21-33(45-5-2)35(32)46-6-3)23-38-36(43)31(22-27-24-37-30-13-9-8-12-29(27)30)39-34(42)25-40-18-14-28(15-19-40)41-16-10-7-11-17-41/h8-9,12-13,20-21,24,28,31,37H,4-7,10-11,14-19,22-23,25H2,1-3H3,(H,38,43)(H,39,42). The second kappa shape index (κ2) is 16.7. The van der Waals surface area contributed by atoms with Gasteiger partial charge in [-0.1, -0.05) is 24.6 Å². The molecule has 3 heterocycles. The Kier molecular flexibility index (Phi) is 12.2. The summed E-state index contributed by atoms with van der Waals surface area (Å²) in [7, 11) is 0. The van der Waals surface area contributed by atoms with Crippen LogP contribution in [0.2, 0.25) is 0 Å². The minimum absolute atomic E-state index is 0.130. The van der Waals surface area contributed by atoms with Crippen molar-refractivity contribution in [3.8, 4) is 17.2 Å². The van der Waals surface area contributed by atoms with Crippen LogP contribution in [0.15, 0.2) is 42.6 Å². The molecular formula is C36H51N5O5. The fraction of sp³-hybridized carbons (Fsp3) is 0.556. The minimum atomic E-state index is -0.738. The molecule has 2 fully saturated rings. The Morgan fingerprint density at radius 2 is 1.59 bits per heavy atom. The molecule has 3 aromatic rings. The fourth-order valence-electron chi connectivity index (χ4n) is 6.76. The number of carbonyl (C=O) groups excluding carboxylic acids is 2. The van der Waals surface area contributed by atoms with Crippen LogP contribution in [0.5, 0.6) is 17.2 Å². The van der Waals surface area contributed by atoms with E-state index in [4.69, 9.17) is 14.2 Å². The number of likely N-dealkylation sites (tertiary alicyclic amines) is 2. The summed E-state index contributed by atoms with van der Waals surface area (Å²) in [6.07, 6.45) is 8.40. The van der Waals surface area contributed by atoms with Crippen LogP contribution in [0.25, 0.3) is 10.9 Å². The number of benzene rings is 2. The van der Waals surface area contributed by atoms with E-state index in [0.717, 1.165) is 48.0 Å². The molecule has 2 aliphatic rings. The van der Waals surface area contributed by atoms with Crippen molar-refractivity contribution in [1.82, 2.24) is 25.4 Å². The van der Waals surface area contributed by atoms with E-state index in [1.165, 1.54) is 32.4 Å². The number of rotatable bonds is 15. The van der Waals surface area contributed by atoms with E-state index in [-0.39, 0.29) is 18.4 Å². The Morgan fingerprint density at radius 3 is 2.26 bits per heavy atom. The van der Waals surface area contributed by atoms with Crippen molar-refractivity contribution in [2.45, 2.75) is 77.9 Å². The Balaban J connectivity index is 1.26. The molecule has 0 spiro atoms. The van der Waals surface area contributed by atoms with Gasteiger partial charge in [-0.25, -0.2) is 0 Å². The number of fused-ring (bicyclic) bond motifs is 1. The number of para-hydroxylation sites is 1. The van der Waals surface area contributed by atoms with Gasteiger partial charge in [0.25, 0.3) is 0 Å². The van der Waals surface area contributed by atoms with Crippen LogP contribution in [-0.4, -0.2) is 91.2 Å². The molecule has 5 rings (SSSR count). The predicted molar refractivity (Wildman–Crippen MR) is 181 cm³/mol. The number of hydrogen-bond donors (Lipinski definition) is 3. The zero-order valence-electron chi connectivity index (χ0n) is 27.7. The average molecular weight is 634 g/mol. The lowest BCUT2D eigenvalue weighted by Gasteiger charge is -2.40. The van der Waals surface area contributed by atoms with Crippen LogP contribution in [-0.2, 0) is 22.6 Å². The highest BCUT2D eigenvalue weighted by atomic mass is 16.5. The Morgan fingerprint density at radius 1 is 0.913 bits per heavy atom. The number of nitrogens with zero attached hydrogens (tertiary/aromatic N) is 2. The highest BCUT2D eigenvalue weighted by Gasteiger charge is 2.28. The van der Waals surface area contributed by atoms with Gasteiger partial charge in [0.15, 0.2) is 11.5 Å². The molecule has 46 heavy (non-hydrogen) atoms. The third-order valence-electron chi connectivity index (χ3n) is 9.02. The lowest BCUT2D eigenvalue weighted by atomic mass is 10.00. The molecule has 0 aliphatic carbocycles. The average Bonchev–Trinajstić information content (AvgIpc) is 3.48. The third-order valence-corrected chi connectivity index (χ3v) is 9.02. The van der Waals surface area contributed by atoms with E-state index in [1.54, 1.807) is 0 Å². The molecule has 2 aromatic carbocycles. The van der Waals surface area contributed by atoms with E-state index < -0.39 is 6.04 Å². The van der Waals surface area contributed by atoms with Crippen molar-refractivity contribution in [3.63, 3.8) is 0 Å². The van der Waals surface area contributed by atoms with Gasteiger partial charge in [-0.15, -0.1) is 0 Å². The molecule has 0 saturated carbocycles. The van der Waals surface area contributed by atoms with Crippen LogP contribution in [0.4, 0.5) is 0 Å². The first-order valence-corrected chi connectivity index (χ1v) is 17.1. The highest BCUT2D eigenvalue weighted by Crippen LogP contribution is 2.39. The lowest BCUT2D eigenvalue weighted by molar-refractivity contribution is -0.129. The van der Waals surface area contributed by atoms with Gasteiger partial charge < -0.3 is 34.7 Å². The summed E-state index contributed by atoms with van der Waals surface area (Å²) in [5.74, 6) is 1.34. The third kappa shape index (κ3) is 8.73. The maximum atomic E-state index is 13.8. The quantitative estimate of drug-likeness (QED) is 0.224. The normalized spacial score (nSPS) is 17.0. The second-order valence-electron chi connectivity index (χ2n) is 12.2. The van der Waals surface area contributed by atoms with Crippen LogP contribution < -0.4 is 24.8 Å². The predicted octanol–water partition coefficient (Wildman–Crippen LogP) is 4.66. The Bertz CT molecular complexity index is 1400. The summed E-state index contributed by atoms with van der Waals surface area (Å²) < 4.78 is 17.6. The first-order valence-electron chi connectivity index (χ1n) is 17.1. The molecule has 3 N–H and O–H groups in total. The maximum absolute atomic E-state index is 13.8. The zero-order chi connectivity index (χ0) is 32.3. The monoisotopic (exact) mass is 633 g/mol. The van der Waals surface area contributed by atoms with Crippen molar-refractivity contribution < 1.29 is 23.8 Å². The molecule has 2 saturated heterocycles. The number of hydrogen-bond acceptors (Lipinski definition) is 7. The molecular weight excluding hydrogens is 582 g/mol. The summed E-state index contributed by atoms with van der Waals surface area (Å²) in [6, 6.07) is 11.6. The van der Waals surface area contributed by atoms with Crippen molar-refractivity contribution in [2.75, 3.05) is 52.5 Å².